The molecule has 0 aromatic rings. The molecule has 2 heterocycles. The summed E-state index contributed by atoms with van der Waals surface area (Å²) in [4.78, 5) is 2.56. The molecular weight excluding hydrogens is 264 g/mol. The number of likely N-dealkylation sites (N-methyl/N-ethyl adjacent to an activating group) is 1. The Kier molecular flexibility index (Phi) is 5.54. The van der Waals surface area contributed by atoms with Crippen LogP contribution >= 0.6 is 0 Å². The van der Waals surface area contributed by atoms with E-state index in [0.717, 1.165) is 51.7 Å². The van der Waals surface area contributed by atoms with Crippen LogP contribution in [-0.4, -0.2) is 62.5 Å². The number of ether oxygens (including phenoxy) is 2. The van der Waals surface area contributed by atoms with Crippen molar-refractivity contribution in [3.63, 3.8) is 0 Å². The first kappa shape index (κ1) is 15.7. The fourth-order valence-electron chi connectivity index (χ4n) is 4.27. The second-order valence-corrected chi connectivity index (χ2v) is 7.21. The van der Waals surface area contributed by atoms with Crippen molar-refractivity contribution >= 4 is 0 Å². The number of rotatable bonds is 5. The number of hydrogen-bond acceptors (Lipinski definition) is 4. The fourth-order valence-corrected chi connectivity index (χ4v) is 4.27. The minimum absolute atomic E-state index is 0.117. The van der Waals surface area contributed by atoms with E-state index in [2.05, 4.69) is 17.3 Å². The van der Waals surface area contributed by atoms with Gasteiger partial charge in [-0.3, -0.25) is 0 Å². The Morgan fingerprint density at radius 3 is 2.62 bits per heavy atom. The molecule has 1 unspecified atom stereocenters. The maximum Gasteiger partial charge on any atom is 0.0741 e. The summed E-state index contributed by atoms with van der Waals surface area (Å²) in [6.45, 7) is 4.95. The molecule has 1 saturated carbocycles. The quantitative estimate of drug-likeness (QED) is 0.843. The monoisotopic (exact) mass is 296 g/mol. The molecule has 4 heteroatoms. The van der Waals surface area contributed by atoms with Gasteiger partial charge in [0.05, 0.1) is 5.60 Å². The summed E-state index contributed by atoms with van der Waals surface area (Å²) >= 11 is 0. The van der Waals surface area contributed by atoms with Crippen molar-refractivity contribution in [1.82, 2.24) is 10.2 Å². The standard InChI is InChI=1S/C17H32N2O2/c1-19(16-4-2-3-5-16)10-9-18-15-6-11-21-17(14-15)7-12-20-13-8-17/h15-16,18H,2-14H2,1H3. The van der Waals surface area contributed by atoms with Crippen molar-refractivity contribution in [2.24, 2.45) is 0 Å². The first-order chi connectivity index (χ1) is 10.3. The highest BCUT2D eigenvalue weighted by Gasteiger charge is 2.38. The molecule has 1 atom stereocenters. The van der Waals surface area contributed by atoms with Gasteiger partial charge in [0.25, 0.3) is 0 Å². The van der Waals surface area contributed by atoms with Gasteiger partial charge in [0, 0.05) is 45.0 Å². The summed E-state index contributed by atoms with van der Waals surface area (Å²) < 4.78 is 11.6. The summed E-state index contributed by atoms with van der Waals surface area (Å²) in [6, 6.07) is 1.47. The van der Waals surface area contributed by atoms with E-state index in [-0.39, 0.29) is 5.60 Å². The molecule has 2 aliphatic heterocycles. The third-order valence-corrected chi connectivity index (χ3v) is 5.74. The molecule has 0 amide bonds. The highest BCUT2D eigenvalue weighted by molar-refractivity contribution is 4.91. The van der Waals surface area contributed by atoms with Gasteiger partial charge in [-0.1, -0.05) is 12.8 Å². The second kappa shape index (κ2) is 7.40. The minimum atomic E-state index is 0.117. The van der Waals surface area contributed by atoms with Crippen molar-refractivity contribution < 1.29 is 9.47 Å². The Labute approximate surface area is 129 Å². The molecule has 3 rings (SSSR count). The van der Waals surface area contributed by atoms with Crippen molar-refractivity contribution in [2.75, 3.05) is 40.0 Å². The zero-order chi connectivity index (χ0) is 14.5. The zero-order valence-corrected chi connectivity index (χ0v) is 13.6. The van der Waals surface area contributed by atoms with E-state index in [1.807, 2.05) is 0 Å². The molecule has 3 fully saturated rings. The Balaban J connectivity index is 1.38. The molecule has 21 heavy (non-hydrogen) atoms. The maximum absolute atomic E-state index is 6.11. The van der Waals surface area contributed by atoms with E-state index in [9.17, 15) is 0 Å². The lowest BCUT2D eigenvalue weighted by Gasteiger charge is -2.43. The first-order valence-corrected chi connectivity index (χ1v) is 8.93. The van der Waals surface area contributed by atoms with Crippen LogP contribution < -0.4 is 5.32 Å². The van der Waals surface area contributed by atoms with Crippen LogP contribution in [0.15, 0.2) is 0 Å². The van der Waals surface area contributed by atoms with Crippen molar-refractivity contribution in [3.05, 3.63) is 0 Å². The fraction of sp³-hybridized carbons (Fsp3) is 1.00. The molecule has 3 aliphatic rings. The number of hydrogen-bond donors (Lipinski definition) is 1. The van der Waals surface area contributed by atoms with Gasteiger partial charge in [0.1, 0.15) is 0 Å². The van der Waals surface area contributed by atoms with Crippen LogP contribution in [0, 0.1) is 0 Å². The van der Waals surface area contributed by atoms with Gasteiger partial charge in [-0.05, 0) is 45.6 Å². The molecular formula is C17H32N2O2. The predicted octanol–water partition coefficient (Wildman–Crippen LogP) is 2.18. The van der Waals surface area contributed by atoms with Gasteiger partial charge < -0.3 is 19.7 Å². The van der Waals surface area contributed by atoms with Gasteiger partial charge in [-0.15, -0.1) is 0 Å². The van der Waals surface area contributed by atoms with Crippen LogP contribution in [0.4, 0.5) is 0 Å². The molecule has 4 nitrogen and oxygen atoms in total. The third-order valence-electron chi connectivity index (χ3n) is 5.74. The van der Waals surface area contributed by atoms with E-state index in [1.54, 1.807) is 0 Å². The average molecular weight is 296 g/mol. The van der Waals surface area contributed by atoms with Crippen LogP contribution in [0.2, 0.25) is 0 Å². The maximum atomic E-state index is 6.11. The van der Waals surface area contributed by atoms with E-state index in [1.165, 1.54) is 38.6 Å². The lowest BCUT2D eigenvalue weighted by Crippen LogP contribution is -2.50. The first-order valence-electron chi connectivity index (χ1n) is 8.93. The van der Waals surface area contributed by atoms with Gasteiger partial charge in [0.15, 0.2) is 0 Å². The van der Waals surface area contributed by atoms with Gasteiger partial charge in [-0.25, -0.2) is 0 Å². The smallest absolute Gasteiger partial charge is 0.0741 e. The minimum Gasteiger partial charge on any atom is -0.381 e. The van der Waals surface area contributed by atoms with Crippen molar-refractivity contribution in [1.29, 1.82) is 0 Å². The van der Waals surface area contributed by atoms with Gasteiger partial charge >= 0.3 is 0 Å². The molecule has 0 aromatic carbocycles. The normalized spacial score (nSPS) is 30.3. The van der Waals surface area contributed by atoms with Gasteiger partial charge in [-0.2, -0.15) is 0 Å². The Morgan fingerprint density at radius 1 is 1.10 bits per heavy atom. The average Bonchev–Trinajstić information content (AvgIpc) is 3.02. The third kappa shape index (κ3) is 4.19. The summed E-state index contributed by atoms with van der Waals surface area (Å²) in [6.07, 6.45) is 10.1. The topological polar surface area (TPSA) is 33.7 Å². The Hall–Kier alpha value is -0.160. The second-order valence-electron chi connectivity index (χ2n) is 7.21. The van der Waals surface area contributed by atoms with Crippen LogP contribution in [0.25, 0.3) is 0 Å². The largest absolute Gasteiger partial charge is 0.381 e. The lowest BCUT2D eigenvalue weighted by molar-refractivity contribution is -0.140. The molecule has 1 N–H and O–H groups in total. The summed E-state index contributed by atoms with van der Waals surface area (Å²) in [5, 5.41) is 3.79. The number of nitrogens with one attached hydrogen (secondary N) is 1. The van der Waals surface area contributed by atoms with Crippen LogP contribution in [0.1, 0.15) is 51.4 Å². The van der Waals surface area contributed by atoms with Crippen LogP contribution in [0.3, 0.4) is 0 Å². The van der Waals surface area contributed by atoms with Crippen LogP contribution in [-0.2, 0) is 9.47 Å². The van der Waals surface area contributed by atoms with E-state index >= 15 is 0 Å². The molecule has 2 saturated heterocycles. The molecule has 0 aromatic heterocycles. The number of nitrogens with zero attached hydrogens (tertiary/aromatic N) is 1. The summed E-state index contributed by atoms with van der Waals surface area (Å²) in [5.41, 5.74) is 0.117. The summed E-state index contributed by atoms with van der Waals surface area (Å²) in [5.74, 6) is 0. The van der Waals surface area contributed by atoms with Gasteiger partial charge in [0.2, 0.25) is 0 Å². The van der Waals surface area contributed by atoms with E-state index in [0.29, 0.717) is 6.04 Å². The predicted molar refractivity (Wildman–Crippen MR) is 84.6 cm³/mol. The summed E-state index contributed by atoms with van der Waals surface area (Å²) in [7, 11) is 2.29. The zero-order valence-electron chi connectivity index (χ0n) is 13.6. The molecule has 1 spiro atoms. The molecule has 0 bridgehead atoms. The molecule has 1 aliphatic carbocycles. The van der Waals surface area contributed by atoms with E-state index in [4.69, 9.17) is 9.47 Å². The molecule has 0 radical (unpaired) electrons. The molecule has 122 valence electrons. The van der Waals surface area contributed by atoms with Crippen LogP contribution in [0.5, 0.6) is 0 Å². The SMILES string of the molecule is CN(CCNC1CCOC2(CCOCC2)C1)C1CCCC1. The lowest BCUT2D eigenvalue weighted by atomic mass is 9.84. The highest BCUT2D eigenvalue weighted by Crippen LogP contribution is 2.34. The van der Waals surface area contributed by atoms with E-state index < -0.39 is 0 Å². The van der Waals surface area contributed by atoms with Crippen molar-refractivity contribution in [3.8, 4) is 0 Å². The Bertz CT molecular complexity index is 306. The van der Waals surface area contributed by atoms with Crippen molar-refractivity contribution in [2.45, 2.75) is 69.1 Å². The highest BCUT2D eigenvalue weighted by atomic mass is 16.5. The Morgan fingerprint density at radius 2 is 1.86 bits per heavy atom.